The van der Waals surface area contributed by atoms with Gasteiger partial charge in [0, 0.05) is 19.2 Å². The molecule has 0 aliphatic rings. The van der Waals surface area contributed by atoms with Crippen molar-refractivity contribution in [2.45, 2.75) is 39.2 Å². The highest BCUT2D eigenvalue weighted by Gasteiger charge is 2.24. The van der Waals surface area contributed by atoms with Gasteiger partial charge in [-0.3, -0.25) is 10.1 Å². The minimum Gasteiger partial charge on any atom is -0.396 e. The molecule has 3 N–H and O–H groups in total. The van der Waals surface area contributed by atoms with Crippen LogP contribution >= 0.6 is 0 Å². The molecular weight excluding hydrogens is 262 g/mol. The molecule has 0 spiro atoms. The van der Waals surface area contributed by atoms with Gasteiger partial charge < -0.3 is 15.7 Å². The smallest absolute Gasteiger partial charge is 0.353 e. The van der Waals surface area contributed by atoms with Gasteiger partial charge in [-0.25, -0.2) is 9.97 Å². The standard InChI is InChI=1S/C12H21N5O3/c1-3-6-13-11-10(17(19)20)12(15-8-14-11)16-9(4-2)5-7-18/h8-9,18H,3-7H2,1-2H3,(H2,13,14,15,16). The maximum atomic E-state index is 11.2. The van der Waals surface area contributed by atoms with E-state index in [-0.39, 0.29) is 30.0 Å². The highest BCUT2D eigenvalue weighted by molar-refractivity contribution is 5.69. The average molecular weight is 283 g/mol. The average Bonchev–Trinajstić information content (AvgIpc) is 2.44. The molecule has 0 fully saturated rings. The quantitative estimate of drug-likeness (QED) is 0.467. The van der Waals surface area contributed by atoms with Crippen LogP contribution in [0.4, 0.5) is 17.3 Å². The second kappa shape index (κ2) is 8.26. The fraction of sp³-hybridized carbons (Fsp3) is 0.667. The Labute approximate surface area is 117 Å². The SMILES string of the molecule is CCCNc1ncnc(NC(CC)CCO)c1[N+](=O)[O-]. The topological polar surface area (TPSA) is 113 Å². The van der Waals surface area contributed by atoms with Gasteiger partial charge in [-0.05, 0) is 19.3 Å². The van der Waals surface area contributed by atoms with Gasteiger partial charge >= 0.3 is 5.69 Å². The summed E-state index contributed by atoms with van der Waals surface area (Å²) in [5.41, 5.74) is -0.155. The predicted molar refractivity (Wildman–Crippen MR) is 76.9 cm³/mol. The minimum absolute atomic E-state index is 0.0192. The predicted octanol–water partition coefficient (Wildman–Crippen LogP) is 1.78. The van der Waals surface area contributed by atoms with Crippen LogP contribution in [0.2, 0.25) is 0 Å². The Balaban J connectivity index is 3.02. The van der Waals surface area contributed by atoms with Crippen LogP contribution in [0.25, 0.3) is 0 Å². The number of aliphatic hydroxyl groups excluding tert-OH is 1. The fourth-order valence-electron chi connectivity index (χ4n) is 1.76. The summed E-state index contributed by atoms with van der Waals surface area (Å²) >= 11 is 0. The third kappa shape index (κ3) is 4.30. The number of aromatic nitrogens is 2. The van der Waals surface area contributed by atoms with Gasteiger partial charge in [0.25, 0.3) is 0 Å². The second-order valence-electron chi connectivity index (χ2n) is 4.37. The van der Waals surface area contributed by atoms with Crippen LogP contribution < -0.4 is 10.6 Å². The van der Waals surface area contributed by atoms with E-state index in [0.717, 1.165) is 12.8 Å². The molecule has 8 heteroatoms. The maximum Gasteiger partial charge on any atom is 0.353 e. The van der Waals surface area contributed by atoms with E-state index in [4.69, 9.17) is 5.11 Å². The van der Waals surface area contributed by atoms with Crippen molar-refractivity contribution in [3.05, 3.63) is 16.4 Å². The van der Waals surface area contributed by atoms with Gasteiger partial charge in [-0.15, -0.1) is 0 Å². The molecule has 1 rings (SSSR count). The zero-order valence-electron chi connectivity index (χ0n) is 11.8. The van der Waals surface area contributed by atoms with Crippen molar-refractivity contribution in [2.75, 3.05) is 23.8 Å². The number of hydrogen-bond acceptors (Lipinski definition) is 7. The zero-order chi connectivity index (χ0) is 15.0. The van der Waals surface area contributed by atoms with Crippen molar-refractivity contribution in [1.29, 1.82) is 0 Å². The first kappa shape index (κ1) is 16.1. The van der Waals surface area contributed by atoms with Crippen LogP contribution in [0, 0.1) is 10.1 Å². The molecule has 1 heterocycles. The van der Waals surface area contributed by atoms with Gasteiger partial charge in [-0.1, -0.05) is 13.8 Å². The number of rotatable bonds is 9. The molecule has 8 nitrogen and oxygen atoms in total. The molecule has 0 saturated heterocycles. The van der Waals surface area contributed by atoms with Crippen LogP contribution in [-0.2, 0) is 0 Å². The third-order valence-corrected chi connectivity index (χ3v) is 2.86. The first-order chi connectivity index (χ1) is 9.63. The third-order valence-electron chi connectivity index (χ3n) is 2.86. The highest BCUT2D eigenvalue weighted by Crippen LogP contribution is 2.29. The van der Waals surface area contributed by atoms with Crippen molar-refractivity contribution in [1.82, 2.24) is 9.97 Å². The molecule has 0 saturated carbocycles. The first-order valence-electron chi connectivity index (χ1n) is 6.74. The number of nitro groups is 1. The Morgan fingerprint density at radius 3 is 2.65 bits per heavy atom. The van der Waals surface area contributed by atoms with Gasteiger partial charge in [0.05, 0.1) is 4.92 Å². The van der Waals surface area contributed by atoms with E-state index >= 15 is 0 Å². The number of hydrogen-bond donors (Lipinski definition) is 3. The summed E-state index contributed by atoms with van der Waals surface area (Å²) in [4.78, 5) is 18.6. The van der Waals surface area contributed by atoms with E-state index in [1.165, 1.54) is 6.33 Å². The van der Waals surface area contributed by atoms with Crippen LogP contribution in [-0.4, -0.2) is 39.2 Å². The lowest BCUT2D eigenvalue weighted by atomic mass is 10.1. The molecule has 112 valence electrons. The molecule has 0 radical (unpaired) electrons. The van der Waals surface area contributed by atoms with Gasteiger partial charge in [0.2, 0.25) is 11.6 Å². The van der Waals surface area contributed by atoms with E-state index < -0.39 is 4.92 Å². The molecule has 1 unspecified atom stereocenters. The van der Waals surface area contributed by atoms with E-state index in [0.29, 0.717) is 13.0 Å². The van der Waals surface area contributed by atoms with Crippen LogP contribution in [0.3, 0.4) is 0 Å². The maximum absolute atomic E-state index is 11.2. The summed E-state index contributed by atoms with van der Waals surface area (Å²) in [6, 6.07) is -0.0624. The number of nitrogens with one attached hydrogen (secondary N) is 2. The Morgan fingerprint density at radius 2 is 2.10 bits per heavy atom. The van der Waals surface area contributed by atoms with Crippen molar-refractivity contribution in [3.63, 3.8) is 0 Å². The van der Waals surface area contributed by atoms with Crippen molar-refractivity contribution < 1.29 is 10.0 Å². The van der Waals surface area contributed by atoms with Crippen molar-refractivity contribution in [3.8, 4) is 0 Å². The summed E-state index contributed by atoms with van der Waals surface area (Å²) in [5, 5.41) is 26.1. The Morgan fingerprint density at radius 1 is 1.40 bits per heavy atom. The van der Waals surface area contributed by atoms with Gasteiger partial charge in [0.15, 0.2) is 0 Å². The number of nitrogens with zero attached hydrogens (tertiary/aromatic N) is 3. The molecule has 1 aromatic heterocycles. The fourth-order valence-corrected chi connectivity index (χ4v) is 1.76. The second-order valence-corrected chi connectivity index (χ2v) is 4.37. The molecular formula is C12H21N5O3. The molecule has 0 aliphatic heterocycles. The zero-order valence-corrected chi connectivity index (χ0v) is 11.8. The lowest BCUT2D eigenvalue weighted by molar-refractivity contribution is -0.383. The molecule has 1 atom stereocenters. The Bertz CT molecular complexity index is 441. The first-order valence-corrected chi connectivity index (χ1v) is 6.74. The van der Waals surface area contributed by atoms with E-state index in [9.17, 15) is 10.1 Å². The largest absolute Gasteiger partial charge is 0.396 e. The van der Waals surface area contributed by atoms with Crippen molar-refractivity contribution in [2.24, 2.45) is 0 Å². The van der Waals surface area contributed by atoms with Crippen molar-refractivity contribution >= 4 is 17.3 Å². The van der Waals surface area contributed by atoms with E-state index in [2.05, 4.69) is 20.6 Å². The Hall–Kier alpha value is -1.96. The molecule has 0 aromatic carbocycles. The summed E-state index contributed by atoms with van der Waals surface area (Å²) in [5.74, 6) is 0.400. The monoisotopic (exact) mass is 283 g/mol. The van der Waals surface area contributed by atoms with Crippen LogP contribution in [0.5, 0.6) is 0 Å². The summed E-state index contributed by atoms with van der Waals surface area (Å²) < 4.78 is 0. The van der Waals surface area contributed by atoms with Gasteiger partial charge in [-0.2, -0.15) is 0 Å². The van der Waals surface area contributed by atoms with E-state index in [1.54, 1.807) is 0 Å². The number of aliphatic hydroxyl groups is 1. The summed E-state index contributed by atoms with van der Waals surface area (Å²) in [6.45, 7) is 4.53. The summed E-state index contributed by atoms with van der Waals surface area (Å²) in [7, 11) is 0. The van der Waals surface area contributed by atoms with E-state index in [1.807, 2.05) is 13.8 Å². The lowest BCUT2D eigenvalue weighted by Gasteiger charge is -2.16. The Kier molecular flexibility index (Phi) is 6.65. The molecule has 20 heavy (non-hydrogen) atoms. The molecule has 0 bridgehead atoms. The lowest BCUT2D eigenvalue weighted by Crippen LogP contribution is -2.22. The van der Waals surface area contributed by atoms with Gasteiger partial charge in [0.1, 0.15) is 6.33 Å². The normalized spacial score (nSPS) is 11.9. The minimum atomic E-state index is -0.494. The number of anilines is 2. The molecule has 1 aromatic rings. The van der Waals surface area contributed by atoms with Crippen LogP contribution in [0.1, 0.15) is 33.1 Å². The molecule has 0 aliphatic carbocycles. The van der Waals surface area contributed by atoms with Crippen LogP contribution in [0.15, 0.2) is 6.33 Å². The molecule has 0 amide bonds. The summed E-state index contributed by atoms with van der Waals surface area (Å²) in [6.07, 6.45) is 3.37. The highest BCUT2D eigenvalue weighted by atomic mass is 16.6.